The highest BCUT2D eigenvalue weighted by Crippen LogP contribution is 2.27. The van der Waals surface area contributed by atoms with E-state index < -0.39 is 0 Å². The van der Waals surface area contributed by atoms with Crippen LogP contribution in [0, 0.1) is 5.92 Å². The number of hydrogen-bond acceptors (Lipinski definition) is 3. The summed E-state index contributed by atoms with van der Waals surface area (Å²) in [5.74, 6) is 0.346. The Morgan fingerprint density at radius 3 is 3.15 bits per heavy atom. The van der Waals surface area contributed by atoms with Crippen LogP contribution in [0.1, 0.15) is 17.7 Å². The van der Waals surface area contributed by atoms with Gasteiger partial charge in [-0.15, -0.1) is 0 Å². The maximum atomic E-state index is 9.01. The molecule has 1 aromatic rings. The molecule has 0 saturated carbocycles. The van der Waals surface area contributed by atoms with Gasteiger partial charge in [-0.25, -0.2) is 9.97 Å². The summed E-state index contributed by atoms with van der Waals surface area (Å²) in [6.07, 6.45) is 4.19. The SMILES string of the molecule is OCC1CCc2c(Cl)ncnc2C1. The number of halogens is 1. The van der Waals surface area contributed by atoms with Crippen molar-refractivity contribution in [1.29, 1.82) is 0 Å². The zero-order valence-corrected chi connectivity index (χ0v) is 7.96. The Labute approximate surface area is 81.8 Å². The lowest BCUT2D eigenvalue weighted by atomic mass is 9.88. The average Bonchev–Trinajstić information content (AvgIpc) is 2.18. The largest absolute Gasteiger partial charge is 0.396 e. The van der Waals surface area contributed by atoms with Crippen LogP contribution in [-0.2, 0) is 12.8 Å². The van der Waals surface area contributed by atoms with E-state index >= 15 is 0 Å². The van der Waals surface area contributed by atoms with Crippen molar-refractivity contribution in [2.24, 2.45) is 5.92 Å². The number of aliphatic hydroxyl groups is 1. The highest BCUT2D eigenvalue weighted by molar-refractivity contribution is 6.30. The summed E-state index contributed by atoms with van der Waals surface area (Å²) in [5, 5.41) is 9.58. The maximum absolute atomic E-state index is 9.01. The molecule has 0 aromatic carbocycles. The minimum atomic E-state index is 0.237. The first kappa shape index (κ1) is 8.91. The number of rotatable bonds is 1. The zero-order chi connectivity index (χ0) is 9.26. The van der Waals surface area contributed by atoms with Crippen molar-refractivity contribution in [3.05, 3.63) is 22.7 Å². The van der Waals surface area contributed by atoms with Crippen LogP contribution in [0.25, 0.3) is 0 Å². The number of aromatic nitrogens is 2. The second-order valence-electron chi connectivity index (χ2n) is 3.38. The van der Waals surface area contributed by atoms with Crippen LogP contribution in [0.4, 0.5) is 0 Å². The third-order valence-electron chi connectivity index (χ3n) is 2.52. The summed E-state index contributed by atoms with van der Waals surface area (Å²) >= 11 is 5.92. The Morgan fingerprint density at radius 1 is 1.54 bits per heavy atom. The lowest BCUT2D eigenvalue weighted by Gasteiger charge is -2.21. The second kappa shape index (κ2) is 3.60. The molecule has 3 nitrogen and oxygen atoms in total. The van der Waals surface area contributed by atoms with Gasteiger partial charge in [0, 0.05) is 17.9 Å². The molecule has 1 aliphatic rings. The fraction of sp³-hybridized carbons (Fsp3) is 0.556. The monoisotopic (exact) mass is 198 g/mol. The van der Waals surface area contributed by atoms with Crippen molar-refractivity contribution in [2.75, 3.05) is 6.61 Å². The summed E-state index contributed by atoms with van der Waals surface area (Å²) < 4.78 is 0. The van der Waals surface area contributed by atoms with Crippen molar-refractivity contribution < 1.29 is 5.11 Å². The summed E-state index contributed by atoms with van der Waals surface area (Å²) in [4.78, 5) is 8.11. The molecule has 0 spiro atoms. The van der Waals surface area contributed by atoms with Gasteiger partial charge in [0.2, 0.25) is 0 Å². The molecule has 1 atom stereocenters. The van der Waals surface area contributed by atoms with Crippen LogP contribution >= 0.6 is 11.6 Å². The van der Waals surface area contributed by atoms with Gasteiger partial charge in [0.1, 0.15) is 11.5 Å². The number of aliphatic hydroxyl groups excluding tert-OH is 1. The minimum Gasteiger partial charge on any atom is -0.396 e. The Bertz CT molecular complexity index is 316. The summed E-state index contributed by atoms with van der Waals surface area (Å²) in [6, 6.07) is 0. The Kier molecular flexibility index (Phi) is 2.47. The molecule has 0 radical (unpaired) electrons. The molecule has 0 saturated heterocycles. The zero-order valence-electron chi connectivity index (χ0n) is 7.20. The second-order valence-corrected chi connectivity index (χ2v) is 3.74. The highest BCUT2D eigenvalue weighted by atomic mass is 35.5. The fourth-order valence-electron chi connectivity index (χ4n) is 1.73. The molecule has 0 aliphatic heterocycles. The molecule has 1 N–H and O–H groups in total. The van der Waals surface area contributed by atoms with Gasteiger partial charge in [-0.3, -0.25) is 0 Å². The summed E-state index contributed by atoms with van der Waals surface area (Å²) in [6.45, 7) is 0.237. The van der Waals surface area contributed by atoms with Crippen LogP contribution in [0.15, 0.2) is 6.33 Å². The number of fused-ring (bicyclic) bond motifs is 1. The molecule has 1 unspecified atom stereocenters. The minimum absolute atomic E-state index is 0.237. The molecular formula is C9H11ClN2O. The van der Waals surface area contributed by atoms with Crippen LogP contribution in [0.5, 0.6) is 0 Å². The van der Waals surface area contributed by atoms with Crippen LogP contribution in [0.2, 0.25) is 5.15 Å². The van der Waals surface area contributed by atoms with Crippen molar-refractivity contribution in [3.63, 3.8) is 0 Å². The van der Waals surface area contributed by atoms with E-state index in [-0.39, 0.29) is 6.61 Å². The molecular weight excluding hydrogens is 188 g/mol. The van der Waals surface area contributed by atoms with Gasteiger partial charge in [0.15, 0.2) is 0 Å². The first-order valence-electron chi connectivity index (χ1n) is 4.40. The molecule has 1 aromatic heterocycles. The van der Waals surface area contributed by atoms with Crippen molar-refractivity contribution in [1.82, 2.24) is 9.97 Å². The van der Waals surface area contributed by atoms with Gasteiger partial charge in [-0.05, 0) is 25.2 Å². The average molecular weight is 199 g/mol. The lowest BCUT2D eigenvalue weighted by Crippen LogP contribution is -2.19. The van der Waals surface area contributed by atoms with Gasteiger partial charge in [0.25, 0.3) is 0 Å². The quantitative estimate of drug-likeness (QED) is 0.691. The van der Waals surface area contributed by atoms with Gasteiger partial charge < -0.3 is 5.11 Å². The molecule has 4 heteroatoms. The van der Waals surface area contributed by atoms with E-state index in [0.29, 0.717) is 11.1 Å². The van der Waals surface area contributed by atoms with E-state index in [9.17, 15) is 0 Å². The maximum Gasteiger partial charge on any atom is 0.135 e. The third kappa shape index (κ3) is 1.67. The number of nitrogens with zero attached hydrogens (tertiary/aromatic N) is 2. The molecule has 0 amide bonds. The molecule has 2 rings (SSSR count). The Morgan fingerprint density at radius 2 is 2.38 bits per heavy atom. The van der Waals surface area contributed by atoms with Crippen molar-refractivity contribution in [3.8, 4) is 0 Å². The van der Waals surface area contributed by atoms with Crippen LogP contribution < -0.4 is 0 Å². The summed E-state index contributed by atoms with van der Waals surface area (Å²) in [7, 11) is 0. The molecule has 1 aliphatic carbocycles. The third-order valence-corrected chi connectivity index (χ3v) is 2.85. The molecule has 1 heterocycles. The topological polar surface area (TPSA) is 46.0 Å². The molecule has 0 fully saturated rings. The van der Waals surface area contributed by atoms with E-state index in [2.05, 4.69) is 9.97 Å². The van der Waals surface area contributed by atoms with Crippen molar-refractivity contribution >= 4 is 11.6 Å². The van der Waals surface area contributed by atoms with E-state index in [1.165, 1.54) is 6.33 Å². The smallest absolute Gasteiger partial charge is 0.135 e. The van der Waals surface area contributed by atoms with Crippen LogP contribution in [0.3, 0.4) is 0 Å². The van der Waals surface area contributed by atoms with Crippen LogP contribution in [-0.4, -0.2) is 21.7 Å². The first-order chi connectivity index (χ1) is 6.31. The predicted molar refractivity (Wildman–Crippen MR) is 49.6 cm³/mol. The molecule has 13 heavy (non-hydrogen) atoms. The number of hydrogen-bond donors (Lipinski definition) is 1. The summed E-state index contributed by atoms with van der Waals surface area (Å²) in [5.41, 5.74) is 2.07. The Hall–Kier alpha value is -0.670. The van der Waals surface area contributed by atoms with Gasteiger partial charge in [0.05, 0.1) is 0 Å². The van der Waals surface area contributed by atoms with E-state index in [0.717, 1.165) is 30.5 Å². The highest BCUT2D eigenvalue weighted by Gasteiger charge is 2.21. The normalized spacial score (nSPS) is 21.2. The molecule has 70 valence electrons. The first-order valence-corrected chi connectivity index (χ1v) is 4.78. The lowest BCUT2D eigenvalue weighted by molar-refractivity contribution is 0.212. The van der Waals surface area contributed by atoms with E-state index in [1.807, 2.05) is 0 Å². The van der Waals surface area contributed by atoms with E-state index in [4.69, 9.17) is 16.7 Å². The van der Waals surface area contributed by atoms with Crippen molar-refractivity contribution in [2.45, 2.75) is 19.3 Å². The van der Waals surface area contributed by atoms with E-state index in [1.54, 1.807) is 0 Å². The van der Waals surface area contributed by atoms with Gasteiger partial charge in [-0.2, -0.15) is 0 Å². The molecule has 0 bridgehead atoms. The van der Waals surface area contributed by atoms with Gasteiger partial charge in [-0.1, -0.05) is 11.6 Å². The van der Waals surface area contributed by atoms with Gasteiger partial charge >= 0.3 is 0 Å². The fourth-order valence-corrected chi connectivity index (χ4v) is 1.97. The standard InChI is InChI=1S/C9H11ClN2O/c10-9-7-2-1-6(4-13)3-8(7)11-5-12-9/h5-6,13H,1-4H2. The predicted octanol–water partition coefficient (Wildman–Crippen LogP) is 1.23. The Balaban J connectivity index is 2.31.